The van der Waals surface area contributed by atoms with Crippen LogP contribution in [0.25, 0.3) is 5.69 Å². The summed E-state index contributed by atoms with van der Waals surface area (Å²) in [7, 11) is 0. The maximum absolute atomic E-state index is 14.0. The second kappa shape index (κ2) is 7.57. The van der Waals surface area contributed by atoms with Gasteiger partial charge in [0.25, 0.3) is 11.5 Å². The van der Waals surface area contributed by atoms with E-state index in [9.17, 15) is 14.0 Å². The van der Waals surface area contributed by atoms with Gasteiger partial charge >= 0.3 is 0 Å². The van der Waals surface area contributed by atoms with E-state index >= 15 is 0 Å². The van der Waals surface area contributed by atoms with Crippen LogP contribution in [-0.4, -0.2) is 44.9 Å². The highest BCUT2D eigenvalue weighted by Crippen LogP contribution is 2.23. The van der Waals surface area contributed by atoms with Gasteiger partial charge in [0, 0.05) is 25.3 Å². The first-order valence-electron chi connectivity index (χ1n) is 8.39. The van der Waals surface area contributed by atoms with Crippen molar-refractivity contribution in [2.75, 3.05) is 13.2 Å². The molecule has 2 heterocycles. The van der Waals surface area contributed by atoms with Gasteiger partial charge in [0.1, 0.15) is 17.2 Å². The van der Waals surface area contributed by atoms with Crippen LogP contribution in [0.3, 0.4) is 0 Å². The minimum atomic E-state index is -0.580. The molecule has 1 atom stereocenters. The lowest BCUT2D eigenvalue weighted by atomic mass is 10.1. The fraction of sp³-hybridized carbons (Fsp3) is 0.389. The molecule has 1 amide bonds. The third-order valence-corrected chi connectivity index (χ3v) is 4.43. The van der Waals surface area contributed by atoms with Gasteiger partial charge in [-0.15, -0.1) is 0 Å². The van der Waals surface area contributed by atoms with Gasteiger partial charge in [-0.05, 0) is 43.9 Å². The lowest BCUT2D eigenvalue weighted by molar-refractivity contribution is 0.0716. The Kier molecular flexibility index (Phi) is 5.23. The van der Waals surface area contributed by atoms with Crippen LogP contribution >= 0.6 is 0 Å². The fourth-order valence-electron chi connectivity index (χ4n) is 3.20. The van der Waals surface area contributed by atoms with Crippen molar-refractivity contribution in [1.82, 2.24) is 14.7 Å². The number of hydrogen-bond acceptors (Lipinski definition) is 4. The Morgan fingerprint density at radius 2 is 2.08 bits per heavy atom. The predicted octanol–water partition coefficient (Wildman–Crippen LogP) is 1.75. The number of rotatable bonds is 5. The number of aromatic nitrogens is 2. The van der Waals surface area contributed by atoms with Crippen LogP contribution in [0, 0.1) is 5.82 Å². The van der Waals surface area contributed by atoms with Crippen LogP contribution in [0.5, 0.6) is 0 Å². The molecule has 1 unspecified atom stereocenters. The Labute approximate surface area is 144 Å². The Bertz CT molecular complexity index is 821. The van der Waals surface area contributed by atoms with Crippen molar-refractivity contribution in [3.8, 4) is 5.69 Å². The molecule has 1 aliphatic rings. The van der Waals surface area contributed by atoms with Crippen molar-refractivity contribution >= 4 is 5.91 Å². The monoisotopic (exact) mass is 345 g/mol. The number of halogens is 1. The Hall–Kier alpha value is -2.54. The summed E-state index contributed by atoms with van der Waals surface area (Å²) < 4.78 is 14.9. The van der Waals surface area contributed by atoms with E-state index in [-0.39, 0.29) is 29.9 Å². The molecule has 1 fully saturated rings. The third-order valence-electron chi connectivity index (χ3n) is 4.43. The average Bonchev–Trinajstić information content (AvgIpc) is 3.09. The summed E-state index contributed by atoms with van der Waals surface area (Å²) in [6.45, 7) is 0.713. The predicted molar refractivity (Wildman–Crippen MR) is 90.2 cm³/mol. The summed E-state index contributed by atoms with van der Waals surface area (Å²) >= 11 is 0. The molecule has 2 aromatic rings. The lowest BCUT2D eigenvalue weighted by Crippen LogP contribution is -2.37. The Balaban J connectivity index is 1.91. The number of nitrogens with zero attached hydrogens (tertiary/aromatic N) is 3. The molecular weight excluding hydrogens is 325 g/mol. The number of benzene rings is 1. The normalized spacial score (nSPS) is 17.0. The van der Waals surface area contributed by atoms with E-state index in [4.69, 9.17) is 5.11 Å². The molecule has 1 aromatic heterocycles. The van der Waals surface area contributed by atoms with Crippen molar-refractivity contribution in [3.05, 3.63) is 58.3 Å². The number of aliphatic hydroxyl groups is 1. The molecule has 7 heteroatoms. The molecule has 0 aliphatic carbocycles. The van der Waals surface area contributed by atoms with Gasteiger partial charge in [-0.2, -0.15) is 9.78 Å². The summed E-state index contributed by atoms with van der Waals surface area (Å²) in [5.74, 6) is -0.853. The molecule has 1 aromatic carbocycles. The highest BCUT2D eigenvalue weighted by Gasteiger charge is 2.30. The first kappa shape index (κ1) is 17.3. The molecule has 25 heavy (non-hydrogen) atoms. The lowest BCUT2D eigenvalue weighted by Gasteiger charge is -2.24. The molecule has 1 aliphatic heterocycles. The van der Waals surface area contributed by atoms with Gasteiger partial charge in [0.2, 0.25) is 0 Å². The van der Waals surface area contributed by atoms with Crippen LogP contribution in [0.2, 0.25) is 0 Å². The number of carbonyl (C=O) groups is 1. The highest BCUT2D eigenvalue weighted by molar-refractivity contribution is 5.92. The Morgan fingerprint density at radius 1 is 1.28 bits per heavy atom. The molecule has 132 valence electrons. The molecule has 1 saturated heterocycles. The number of hydrogen-bond donors (Lipinski definition) is 1. The molecule has 3 rings (SSSR count). The first-order chi connectivity index (χ1) is 12.1. The maximum atomic E-state index is 14.0. The molecule has 0 radical (unpaired) electrons. The summed E-state index contributed by atoms with van der Waals surface area (Å²) in [4.78, 5) is 26.6. The van der Waals surface area contributed by atoms with E-state index in [1.54, 1.807) is 11.0 Å². The number of para-hydroxylation sites is 1. The van der Waals surface area contributed by atoms with Crippen LogP contribution in [0.15, 0.2) is 41.2 Å². The molecular formula is C18H20FN3O3. The smallest absolute Gasteiger partial charge is 0.274 e. The summed E-state index contributed by atoms with van der Waals surface area (Å²) in [5.41, 5.74) is -0.376. The minimum Gasteiger partial charge on any atom is -0.396 e. The summed E-state index contributed by atoms with van der Waals surface area (Å²) in [6, 6.07) is 8.48. The molecule has 1 N–H and O–H groups in total. The zero-order valence-electron chi connectivity index (χ0n) is 13.8. The van der Waals surface area contributed by atoms with Gasteiger partial charge in [-0.25, -0.2) is 4.39 Å². The van der Waals surface area contributed by atoms with E-state index in [1.807, 2.05) is 0 Å². The number of carbonyl (C=O) groups excluding carboxylic acids is 1. The largest absolute Gasteiger partial charge is 0.396 e. The molecule has 0 spiro atoms. The van der Waals surface area contributed by atoms with Gasteiger partial charge < -0.3 is 10.0 Å². The van der Waals surface area contributed by atoms with Crippen molar-refractivity contribution < 1.29 is 14.3 Å². The van der Waals surface area contributed by atoms with Crippen LogP contribution in [-0.2, 0) is 0 Å². The maximum Gasteiger partial charge on any atom is 0.274 e. The quantitative estimate of drug-likeness (QED) is 0.896. The van der Waals surface area contributed by atoms with Gasteiger partial charge in [-0.1, -0.05) is 12.1 Å². The van der Waals surface area contributed by atoms with Crippen molar-refractivity contribution in [3.63, 3.8) is 0 Å². The third kappa shape index (κ3) is 3.61. The van der Waals surface area contributed by atoms with Crippen molar-refractivity contribution in [2.24, 2.45) is 0 Å². The van der Waals surface area contributed by atoms with E-state index in [1.165, 1.54) is 30.3 Å². The standard InChI is InChI=1S/C18H20FN3O3/c19-14-7-1-2-8-16(14)22-17(24)10-9-15(20-22)18(25)21-11-3-5-13(21)6-4-12-23/h1-2,7-10,13,23H,3-6,11-12H2. The molecule has 6 nitrogen and oxygen atoms in total. The molecule has 0 saturated carbocycles. The number of aliphatic hydroxyl groups excluding tert-OH is 1. The minimum absolute atomic E-state index is 0.0143. The van der Waals surface area contributed by atoms with E-state index in [0.29, 0.717) is 13.0 Å². The zero-order valence-corrected chi connectivity index (χ0v) is 13.8. The van der Waals surface area contributed by atoms with Gasteiger partial charge in [0.05, 0.1) is 0 Å². The average molecular weight is 345 g/mol. The van der Waals surface area contributed by atoms with Gasteiger partial charge in [0.15, 0.2) is 0 Å². The SMILES string of the molecule is O=C(c1ccc(=O)n(-c2ccccc2F)n1)N1CCCC1CCCO. The van der Waals surface area contributed by atoms with E-state index in [0.717, 1.165) is 23.9 Å². The topological polar surface area (TPSA) is 75.4 Å². The van der Waals surface area contributed by atoms with E-state index < -0.39 is 11.4 Å². The fourth-order valence-corrected chi connectivity index (χ4v) is 3.20. The zero-order chi connectivity index (χ0) is 17.8. The van der Waals surface area contributed by atoms with Crippen molar-refractivity contribution in [2.45, 2.75) is 31.7 Å². The first-order valence-corrected chi connectivity index (χ1v) is 8.39. The summed E-state index contributed by atoms with van der Waals surface area (Å²) in [5, 5.41) is 13.1. The highest BCUT2D eigenvalue weighted by atomic mass is 19.1. The summed E-state index contributed by atoms with van der Waals surface area (Å²) in [6.07, 6.45) is 3.15. The van der Waals surface area contributed by atoms with Gasteiger partial charge in [-0.3, -0.25) is 9.59 Å². The van der Waals surface area contributed by atoms with Crippen LogP contribution in [0.1, 0.15) is 36.2 Å². The number of likely N-dealkylation sites (tertiary alicyclic amines) is 1. The van der Waals surface area contributed by atoms with Crippen LogP contribution in [0.4, 0.5) is 4.39 Å². The van der Waals surface area contributed by atoms with Crippen LogP contribution < -0.4 is 5.56 Å². The van der Waals surface area contributed by atoms with Crippen molar-refractivity contribution in [1.29, 1.82) is 0 Å². The van der Waals surface area contributed by atoms with E-state index in [2.05, 4.69) is 5.10 Å². The second-order valence-corrected chi connectivity index (χ2v) is 6.08. The molecule has 0 bridgehead atoms. The second-order valence-electron chi connectivity index (χ2n) is 6.08. The Morgan fingerprint density at radius 3 is 2.84 bits per heavy atom. The number of amides is 1.